The van der Waals surface area contributed by atoms with E-state index >= 15 is 0 Å². The Bertz CT molecular complexity index is 1080. The molecule has 1 fully saturated rings. The van der Waals surface area contributed by atoms with E-state index in [4.69, 9.17) is 9.26 Å². The molecule has 7 nitrogen and oxygen atoms in total. The molecule has 1 N–H and O–H groups in total. The molecule has 184 valence electrons. The second kappa shape index (κ2) is 9.02. The Kier molecular flexibility index (Phi) is 6.57. The third-order valence-electron chi connectivity index (χ3n) is 7.38. The van der Waals surface area contributed by atoms with Crippen LogP contribution in [0.4, 0.5) is 0 Å². The molecule has 2 aliphatic rings. The fourth-order valence-electron chi connectivity index (χ4n) is 5.51. The second-order valence-corrected chi connectivity index (χ2v) is 11.5. The van der Waals surface area contributed by atoms with Gasteiger partial charge in [0.2, 0.25) is 0 Å². The molecule has 0 radical (unpaired) electrons. The number of aliphatic hydroxyl groups is 1. The number of nitrogens with zero attached hydrogens (tertiary/aromatic N) is 4. The maximum Gasteiger partial charge on any atom is 0.259 e. The van der Waals surface area contributed by atoms with Crippen LogP contribution in [0.2, 0.25) is 0 Å². The topological polar surface area (TPSA) is 84.5 Å². The lowest BCUT2D eigenvalue weighted by Gasteiger charge is -2.59. The van der Waals surface area contributed by atoms with Gasteiger partial charge in [0.1, 0.15) is 12.7 Å². The summed E-state index contributed by atoms with van der Waals surface area (Å²) >= 11 is 0. The maximum absolute atomic E-state index is 11.2. The van der Waals surface area contributed by atoms with Crippen LogP contribution in [0.5, 0.6) is 0 Å². The predicted octanol–water partition coefficient (Wildman–Crippen LogP) is 4.96. The van der Waals surface area contributed by atoms with Crippen molar-refractivity contribution in [2.24, 2.45) is 16.7 Å². The number of ether oxygens (including phenoxy) is 1. The van der Waals surface area contributed by atoms with Gasteiger partial charge in [-0.05, 0) is 51.8 Å². The summed E-state index contributed by atoms with van der Waals surface area (Å²) < 4.78 is 11.1. The summed E-state index contributed by atoms with van der Waals surface area (Å²) in [6, 6.07) is 1.86. The Morgan fingerprint density at radius 3 is 2.56 bits per heavy atom. The first-order valence-corrected chi connectivity index (χ1v) is 12.1. The van der Waals surface area contributed by atoms with Gasteiger partial charge >= 0.3 is 0 Å². The number of hydrogen-bond donors (Lipinski definition) is 1. The molecule has 0 saturated carbocycles. The van der Waals surface area contributed by atoms with E-state index < -0.39 is 6.10 Å². The van der Waals surface area contributed by atoms with Crippen molar-refractivity contribution < 1.29 is 14.4 Å². The highest BCUT2D eigenvalue weighted by Crippen LogP contribution is 2.55. The Balaban J connectivity index is 1.50. The van der Waals surface area contributed by atoms with Crippen molar-refractivity contribution in [2.45, 2.75) is 66.3 Å². The van der Waals surface area contributed by atoms with Crippen LogP contribution in [-0.4, -0.2) is 50.9 Å². The fourth-order valence-corrected chi connectivity index (χ4v) is 5.51. The number of likely N-dealkylation sites (tertiary alicyclic amines) is 1. The quantitative estimate of drug-likeness (QED) is 0.617. The van der Waals surface area contributed by atoms with Crippen LogP contribution in [0.3, 0.4) is 0 Å². The monoisotopic (exact) mass is 466 g/mol. The van der Waals surface area contributed by atoms with Crippen LogP contribution in [0.25, 0.3) is 11.5 Å². The largest absolute Gasteiger partial charge is 0.384 e. The second-order valence-electron chi connectivity index (χ2n) is 11.5. The standard InChI is InChI=1S/C27H38N4O3/c1-18(2)27(26(6)16-31(7)17-26)10-8-19(9-11-27)23(32)20-12-21(14-28-13-20)24-29-22(30-34-24)15-33-25(3,4)5/h8-10,12-14,18,23,32H,11,15-17H2,1-7H3/t23-,27?/m1/s1. The number of aliphatic hydroxyl groups excluding tert-OH is 1. The molecule has 1 aliphatic heterocycles. The summed E-state index contributed by atoms with van der Waals surface area (Å²) in [5, 5.41) is 15.2. The normalized spacial score (nSPS) is 23.6. The van der Waals surface area contributed by atoms with Crippen molar-refractivity contribution in [2.75, 3.05) is 20.1 Å². The van der Waals surface area contributed by atoms with Gasteiger partial charge in [0, 0.05) is 41.9 Å². The van der Waals surface area contributed by atoms with E-state index in [1.807, 2.05) is 26.8 Å². The minimum absolute atomic E-state index is 0.0954. The zero-order valence-electron chi connectivity index (χ0n) is 21.5. The van der Waals surface area contributed by atoms with Crippen molar-refractivity contribution in [3.63, 3.8) is 0 Å². The van der Waals surface area contributed by atoms with Gasteiger partial charge in [-0.1, -0.05) is 44.2 Å². The lowest BCUT2D eigenvalue weighted by Crippen LogP contribution is -2.62. The molecule has 3 heterocycles. The van der Waals surface area contributed by atoms with E-state index in [2.05, 4.69) is 66.1 Å². The summed E-state index contributed by atoms with van der Waals surface area (Å²) in [5.74, 6) is 1.36. The van der Waals surface area contributed by atoms with Crippen LogP contribution < -0.4 is 0 Å². The van der Waals surface area contributed by atoms with Crippen molar-refractivity contribution >= 4 is 0 Å². The molecular weight excluding hydrogens is 428 g/mol. The molecule has 34 heavy (non-hydrogen) atoms. The lowest BCUT2D eigenvalue weighted by atomic mass is 9.53. The fraction of sp³-hybridized carbons (Fsp3) is 0.593. The van der Waals surface area contributed by atoms with Gasteiger partial charge in [-0.15, -0.1) is 0 Å². The Morgan fingerprint density at radius 1 is 1.24 bits per heavy atom. The summed E-state index contributed by atoms with van der Waals surface area (Å²) in [6.45, 7) is 15.4. The lowest BCUT2D eigenvalue weighted by molar-refractivity contribution is -0.0757. The minimum atomic E-state index is -0.766. The first-order chi connectivity index (χ1) is 15.9. The van der Waals surface area contributed by atoms with Crippen molar-refractivity contribution in [3.8, 4) is 11.5 Å². The molecule has 1 saturated heterocycles. The molecule has 0 bridgehead atoms. The average Bonchev–Trinajstić information content (AvgIpc) is 3.25. The van der Waals surface area contributed by atoms with E-state index in [0.29, 0.717) is 28.8 Å². The van der Waals surface area contributed by atoms with Crippen LogP contribution in [0, 0.1) is 16.7 Å². The smallest absolute Gasteiger partial charge is 0.259 e. The van der Waals surface area contributed by atoms with Gasteiger partial charge in [0.25, 0.3) is 5.89 Å². The van der Waals surface area contributed by atoms with Gasteiger partial charge in [0.15, 0.2) is 5.82 Å². The third-order valence-corrected chi connectivity index (χ3v) is 7.38. The molecule has 7 heteroatoms. The van der Waals surface area contributed by atoms with Crippen LogP contribution in [0.15, 0.2) is 46.8 Å². The zero-order valence-corrected chi connectivity index (χ0v) is 21.5. The van der Waals surface area contributed by atoms with Crippen LogP contribution in [0.1, 0.15) is 65.5 Å². The molecule has 0 amide bonds. The number of allylic oxidation sites excluding steroid dienone is 2. The summed E-state index contributed by atoms with van der Waals surface area (Å²) in [4.78, 5) is 11.1. The summed E-state index contributed by atoms with van der Waals surface area (Å²) in [5.41, 5.74) is 2.33. The van der Waals surface area contributed by atoms with Crippen LogP contribution >= 0.6 is 0 Å². The minimum Gasteiger partial charge on any atom is -0.384 e. The summed E-state index contributed by atoms with van der Waals surface area (Å²) in [6.07, 6.45) is 10.2. The van der Waals surface area contributed by atoms with E-state index in [-0.39, 0.29) is 23.0 Å². The van der Waals surface area contributed by atoms with Gasteiger partial charge in [0.05, 0.1) is 11.2 Å². The molecule has 1 unspecified atom stereocenters. The maximum atomic E-state index is 11.2. The SMILES string of the molecule is CC(C)C1(C2(C)CN(C)C2)C=CC([C@@H](O)c2cncc(-c3nc(COC(C)(C)C)no3)c2)=CC1. The number of hydrogen-bond acceptors (Lipinski definition) is 7. The Labute approximate surface area is 202 Å². The molecule has 4 rings (SSSR count). The van der Waals surface area contributed by atoms with Crippen molar-refractivity contribution in [1.29, 1.82) is 0 Å². The molecule has 1 aliphatic carbocycles. The molecule has 0 aromatic carbocycles. The van der Waals surface area contributed by atoms with E-state index in [0.717, 1.165) is 25.1 Å². The van der Waals surface area contributed by atoms with Gasteiger partial charge in [-0.2, -0.15) is 4.98 Å². The third kappa shape index (κ3) is 4.74. The molecule has 2 aromatic heterocycles. The van der Waals surface area contributed by atoms with Gasteiger partial charge in [-0.3, -0.25) is 4.98 Å². The molecule has 2 aromatic rings. The first-order valence-electron chi connectivity index (χ1n) is 12.1. The van der Waals surface area contributed by atoms with Gasteiger partial charge in [-0.25, -0.2) is 0 Å². The molecular formula is C27H38N4O3. The average molecular weight is 467 g/mol. The number of pyridine rings is 1. The van der Waals surface area contributed by atoms with E-state index in [1.54, 1.807) is 12.4 Å². The zero-order chi connectivity index (χ0) is 24.7. The van der Waals surface area contributed by atoms with Crippen molar-refractivity contribution in [1.82, 2.24) is 20.0 Å². The first kappa shape index (κ1) is 24.8. The Morgan fingerprint density at radius 2 is 1.97 bits per heavy atom. The summed E-state index contributed by atoms with van der Waals surface area (Å²) in [7, 11) is 2.18. The highest BCUT2D eigenvalue weighted by molar-refractivity contribution is 5.53. The highest BCUT2D eigenvalue weighted by Gasteiger charge is 2.53. The Hall–Kier alpha value is -2.35. The predicted molar refractivity (Wildman–Crippen MR) is 132 cm³/mol. The van der Waals surface area contributed by atoms with Crippen LogP contribution in [-0.2, 0) is 11.3 Å². The molecule has 2 atom stereocenters. The van der Waals surface area contributed by atoms with E-state index in [1.165, 1.54) is 0 Å². The van der Waals surface area contributed by atoms with Gasteiger partial charge < -0.3 is 19.3 Å². The highest BCUT2D eigenvalue weighted by atomic mass is 16.5. The number of aromatic nitrogens is 3. The van der Waals surface area contributed by atoms with E-state index in [9.17, 15) is 5.11 Å². The molecule has 0 spiro atoms. The van der Waals surface area contributed by atoms with Crippen molar-refractivity contribution in [3.05, 3.63) is 53.6 Å². The number of rotatable bonds is 7.